The SMILES string of the molecule is NCCCC[C@H](N)C(=O)CCCCNC(=O)c1ccc(NC(=O)NC2=CC=CC2)cc1. The minimum atomic E-state index is -0.415. The van der Waals surface area contributed by atoms with Crippen molar-refractivity contribution in [1.82, 2.24) is 10.6 Å². The largest absolute Gasteiger partial charge is 0.352 e. The Kier molecular flexibility index (Phi) is 10.5. The normalized spacial score (nSPS) is 13.4. The summed E-state index contributed by atoms with van der Waals surface area (Å²) in [6.45, 7) is 1.10. The van der Waals surface area contributed by atoms with Crippen LogP contribution in [0.15, 0.2) is 48.2 Å². The van der Waals surface area contributed by atoms with Crippen molar-refractivity contribution in [3.63, 3.8) is 0 Å². The van der Waals surface area contributed by atoms with Gasteiger partial charge in [-0.3, -0.25) is 9.59 Å². The number of hydrogen-bond donors (Lipinski definition) is 5. The van der Waals surface area contributed by atoms with Crippen molar-refractivity contribution < 1.29 is 14.4 Å². The van der Waals surface area contributed by atoms with E-state index in [1.54, 1.807) is 24.3 Å². The lowest BCUT2D eigenvalue weighted by molar-refractivity contribution is -0.120. The number of nitrogens with two attached hydrogens (primary N) is 2. The van der Waals surface area contributed by atoms with Gasteiger partial charge in [-0.1, -0.05) is 18.6 Å². The molecule has 0 spiro atoms. The molecule has 0 aromatic heterocycles. The van der Waals surface area contributed by atoms with Crippen LogP contribution in [0, 0.1) is 0 Å². The van der Waals surface area contributed by atoms with Gasteiger partial charge in [0, 0.05) is 36.3 Å². The minimum absolute atomic E-state index is 0.0657. The third-order valence-electron chi connectivity index (χ3n) is 4.97. The summed E-state index contributed by atoms with van der Waals surface area (Å²) < 4.78 is 0. The van der Waals surface area contributed by atoms with Crippen LogP contribution in [0.5, 0.6) is 0 Å². The summed E-state index contributed by atoms with van der Waals surface area (Å²) in [7, 11) is 0. The number of ketones is 1. The van der Waals surface area contributed by atoms with E-state index in [1.165, 1.54) is 0 Å². The van der Waals surface area contributed by atoms with Gasteiger partial charge < -0.3 is 27.4 Å². The molecule has 1 aromatic carbocycles. The number of amides is 3. The molecular formula is C23H33N5O3. The fraction of sp³-hybridized carbons (Fsp3) is 0.435. The standard InChI is InChI=1S/C23H33N5O3/c24-15-5-3-9-20(25)21(29)10-4-6-16-26-22(30)17-11-13-19(14-12-17)28-23(31)27-18-7-1-2-8-18/h1-2,7,11-14,20H,3-6,8-10,15-16,24-25H2,(H,26,30)(H2,27,28,31)/t20-/m0/s1. The Hall–Kier alpha value is -2.97. The first-order chi connectivity index (χ1) is 15.0. The van der Waals surface area contributed by atoms with Crippen molar-refractivity contribution in [3.8, 4) is 0 Å². The van der Waals surface area contributed by atoms with Crippen molar-refractivity contribution in [2.45, 2.75) is 51.0 Å². The van der Waals surface area contributed by atoms with Gasteiger partial charge >= 0.3 is 6.03 Å². The van der Waals surface area contributed by atoms with Crippen LogP contribution in [-0.2, 0) is 4.79 Å². The zero-order valence-corrected chi connectivity index (χ0v) is 17.9. The number of carbonyl (C=O) groups is 3. The van der Waals surface area contributed by atoms with Gasteiger partial charge in [0.1, 0.15) is 5.78 Å². The summed E-state index contributed by atoms with van der Waals surface area (Å²) in [5, 5.41) is 8.34. The lowest BCUT2D eigenvalue weighted by Gasteiger charge is -2.10. The number of rotatable bonds is 13. The van der Waals surface area contributed by atoms with Gasteiger partial charge in [-0.15, -0.1) is 0 Å². The van der Waals surface area contributed by atoms with Gasteiger partial charge in [0.2, 0.25) is 0 Å². The molecule has 0 fully saturated rings. The molecular weight excluding hydrogens is 394 g/mol. The molecule has 8 heteroatoms. The number of benzene rings is 1. The molecule has 0 saturated heterocycles. The van der Waals surface area contributed by atoms with E-state index in [9.17, 15) is 14.4 Å². The van der Waals surface area contributed by atoms with Crippen molar-refractivity contribution in [1.29, 1.82) is 0 Å². The highest BCUT2D eigenvalue weighted by Crippen LogP contribution is 2.11. The van der Waals surface area contributed by atoms with Crippen molar-refractivity contribution in [3.05, 3.63) is 53.8 Å². The highest BCUT2D eigenvalue weighted by molar-refractivity contribution is 5.95. The second kappa shape index (κ2) is 13.4. The molecule has 0 bridgehead atoms. The van der Waals surface area contributed by atoms with Gasteiger partial charge in [-0.05, 0) is 62.6 Å². The van der Waals surface area contributed by atoms with E-state index in [0.29, 0.717) is 56.4 Å². The molecule has 0 heterocycles. The van der Waals surface area contributed by atoms with Crippen molar-refractivity contribution in [2.24, 2.45) is 11.5 Å². The van der Waals surface area contributed by atoms with E-state index in [-0.39, 0.29) is 17.7 Å². The fourth-order valence-corrected chi connectivity index (χ4v) is 3.14. The van der Waals surface area contributed by atoms with E-state index in [1.807, 2.05) is 18.2 Å². The summed E-state index contributed by atoms with van der Waals surface area (Å²) in [6, 6.07) is 5.94. The maximum atomic E-state index is 12.2. The number of unbranched alkanes of at least 4 members (excludes halogenated alkanes) is 2. The Morgan fingerprint density at radius 3 is 2.45 bits per heavy atom. The van der Waals surface area contributed by atoms with E-state index in [0.717, 1.165) is 18.5 Å². The number of carbonyl (C=O) groups excluding carboxylic acids is 3. The first-order valence-corrected chi connectivity index (χ1v) is 10.8. The Labute approximate surface area is 183 Å². The molecule has 1 aliphatic rings. The number of allylic oxidation sites excluding steroid dienone is 3. The summed E-state index contributed by atoms with van der Waals surface area (Å²) in [4.78, 5) is 36.2. The fourth-order valence-electron chi connectivity index (χ4n) is 3.14. The van der Waals surface area contributed by atoms with Gasteiger partial charge in [0.15, 0.2) is 0 Å². The summed E-state index contributed by atoms with van der Waals surface area (Å²) in [5.41, 5.74) is 13.3. The van der Waals surface area contributed by atoms with Crippen LogP contribution < -0.4 is 27.4 Å². The average Bonchev–Trinajstić information content (AvgIpc) is 3.26. The molecule has 0 radical (unpaired) electrons. The van der Waals surface area contributed by atoms with Crippen LogP contribution in [0.1, 0.15) is 55.3 Å². The van der Waals surface area contributed by atoms with Crippen LogP contribution in [-0.4, -0.2) is 36.9 Å². The van der Waals surface area contributed by atoms with Crippen LogP contribution in [0.2, 0.25) is 0 Å². The lowest BCUT2D eigenvalue weighted by Crippen LogP contribution is -2.30. The smallest absolute Gasteiger partial charge is 0.323 e. The van der Waals surface area contributed by atoms with E-state index in [4.69, 9.17) is 11.5 Å². The molecule has 31 heavy (non-hydrogen) atoms. The maximum Gasteiger partial charge on any atom is 0.323 e. The Balaban J connectivity index is 1.62. The quantitative estimate of drug-likeness (QED) is 0.308. The number of Topliss-reactive ketones (excluding diaryl/α,β-unsaturated/α-hetero) is 1. The van der Waals surface area contributed by atoms with Gasteiger partial charge in [0.25, 0.3) is 5.91 Å². The molecule has 168 valence electrons. The van der Waals surface area contributed by atoms with E-state index >= 15 is 0 Å². The minimum Gasteiger partial charge on any atom is -0.352 e. The van der Waals surface area contributed by atoms with Crippen molar-refractivity contribution >= 4 is 23.4 Å². The lowest BCUT2D eigenvalue weighted by atomic mass is 10.0. The maximum absolute atomic E-state index is 12.2. The predicted octanol–water partition coefficient (Wildman–Crippen LogP) is 2.58. The Morgan fingerprint density at radius 1 is 1.00 bits per heavy atom. The second-order valence-corrected chi connectivity index (χ2v) is 7.55. The Bertz CT molecular complexity index is 802. The monoisotopic (exact) mass is 427 g/mol. The second-order valence-electron chi connectivity index (χ2n) is 7.55. The Morgan fingerprint density at radius 2 is 1.77 bits per heavy atom. The molecule has 8 nitrogen and oxygen atoms in total. The van der Waals surface area contributed by atoms with Gasteiger partial charge in [0.05, 0.1) is 6.04 Å². The molecule has 0 unspecified atom stereocenters. The topological polar surface area (TPSA) is 139 Å². The number of anilines is 1. The van der Waals surface area contributed by atoms with Gasteiger partial charge in [-0.2, -0.15) is 0 Å². The predicted molar refractivity (Wildman–Crippen MR) is 123 cm³/mol. The summed E-state index contributed by atoms with van der Waals surface area (Å²) in [6.07, 6.45) is 10.7. The highest BCUT2D eigenvalue weighted by Gasteiger charge is 2.12. The summed E-state index contributed by atoms with van der Waals surface area (Å²) in [5.74, 6) is -0.126. The van der Waals surface area contributed by atoms with E-state index < -0.39 is 6.04 Å². The first kappa shape index (κ1) is 24.3. The zero-order chi connectivity index (χ0) is 22.5. The zero-order valence-electron chi connectivity index (χ0n) is 17.9. The third-order valence-corrected chi connectivity index (χ3v) is 4.97. The molecule has 0 aliphatic heterocycles. The van der Waals surface area contributed by atoms with Crippen LogP contribution in [0.4, 0.5) is 10.5 Å². The average molecular weight is 428 g/mol. The molecule has 1 atom stereocenters. The molecule has 2 rings (SSSR count). The van der Waals surface area contributed by atoms with Crippen LogP contribution in [0.25, 0.3) is 0 Å². The van der Waals surface area contributed by atoms with Crippen LogP contribution >= 0.6 is 0 Å². The summed E-state index contributed by atoms with van der Waals surface area (Å²) >= 11 is 0. The molecule has 1 aliphatic carbocycles. The molecule has 7 N–H and O–H groups in total. The van der Waals surface area contributed by atoms with Crippen molar-refractivity contribution in [2.75, 3.05) is 18.4 Å². The number of nitrogens with one attached hydrogen (secondary N) is 3. The number of hydrogen-bond acceptors (Lipinski definition) is 5. The molecule has 3 amide bonds. The number of urea groups is 1. The molecule has 1 aromatic rings. The first-order valence-electron chi connectivity index (χ1n) is 10.8. The van der Waals surface area contributed by atoms with Gasteiger partial charge in [-0.25, -0.2) is 4.79 Å². The molecule has 0 saturated carbocycles. The van der Waals surface area contributed by atoms with E-state index in [2.05, 4.69) is 16.0 Å². The van der Waals surface area contributed by atoms with Crippen LogP contribution in [0.3, 0.4) is 0 Å². The highest BCUT2D eigenvalue weighted by atomic mass is 16.2. The third kappa shape index (κ3) is 9.15.